The molecule has 5 nitrogen and oxygen atoms in total. The van der Waals surface area contributed by atoms with Crippen molar-refractivity contribution in [1.82, 2.24) is 14.9 Å². The first-order valence-electron chi connectivity index (χ1n) is 6.70. The van der Waals surface area contributed by atoms with E-state index in [0.717, 1.165) is 22.3 Å². The van der Waals surface area contributed by atoms with Crippen molar-refractivity contribution in [1.29, 1.82) is 0 Å². The minimum Gasteiger partial charge on any atom is -0.476 e. The number of nitrogens with zero attached hydrogens (tertiary/aromatic N) is 3. The van der Waals surface area contributed by atoms with Gasteiger partial charge in [-0.25, -0.2) is 4.98 Å². The Labute approximate surface area is 133 Å². The summed E-state index contributed by atoms with van der Waals surface area (Å²) < 4.78 is 6.58. The van der Waals surface area contributed by atoms with Gasteiger partial charge in [0.25, 0.3) is 0 Å². The molecule has 2 aromatic heterocycles. The first-order valence-corrected chi connectivity index (χ1v) is 7.49. The largest absolute Gasteiger partial charge is 0.476 e. The van der Waals surface area contributed by atoms with Gasteiger partial charge in [-0.3, -0.25) is 4.98 Å². The third-order valence-corrected chi connectivity index (χ3v) is 3.22. The molecule has 0 amide bonds. The van der Waals surface area contributed by atoms with Crippen molar-refractivity contribution in [2.75, 3.05) is 32.6 Å². The topological polar surface area (TPSA) is 50.3 Å². The summed E-state index contributed by atoms with van der Waals surface area (Å²) in [4.78, 5) is 10.4. The van der Waals surface area contributed by atoms with E-state index in [9.17, 15) is 0 Å². The van der Waals surface area contributed by atoms with Crippen LogP contribution < -0.4 is 10.1 Å². The van der Waals surface area contributed by atoms with Crippen LogP contribution in [0.2, 0.25) is 0 Å². The number of halogens is 1. The number of nitrogens with one attached hydrogen (secondary N) is 1. The quantitative estimate of drug-likeness (QED) is 0.831. The zero-order chi connectivity index (χ0) is 15.1. The molecule has 21 heavy (non-hydrogen) atoms. The van der Waals surface area contributed by atoms with Crippen LogP contribution in [0.25, 0.3) is 0 Å². The molecule has 0 saturated carbocycles. The van der Waals surface area contributed by atoms with Crippen molar-refractivity contribution < 1.29 is 4.74 Å². The van der Waals surface area contributed by atoms with Crippen LogP contribution in [0.1, 0.15) is 5.56 Å². The van der Waals surface area contributed by atoms with Gasteiger partial charge in [-0.05, 0) is 47.7 Å². The van der Waals surface area contributed by atoms with Gasteiger partial charge in [0.2, 0.25) is 5.88 Å². The number of anilines is 1. The number of pyridine rings is 2. The lowest BCUT2D eigenvalue weighted by Gasteiger charge is -2.11. The maximum absolute atomic E-state index is 5.63. The van der Waals surface area contributed by atoms with Gasteiger partial charge >= 0.3 is 0 Å². The lowest BCUT2D eigenvalue weighted by Crippen LogP contribution is -2.19. The first kappa shape index (κ1) is 15.7. The highest BCUT2D eigenvalue weighted by molar-refractivity contribution is 9.10. The molecule has 2 aromatic rings. The minimum absolute atomic E-state index is 0.631. The van der Waals surface area contributed by atoms with Crippen LogP contribution in [0, 0.1) is 0 Å². The number of ether oxygens (including phenoxy) is 1. The zero-order valence-corrected chi connectivity index (χ0v) is 13.8. The first-order chi connectivity index (χ1) is 10.1. The highest BCUT2D eigenvalue weighted by Gasteiger charge is 2.00. The molecule has 0 aliphatic rings. The van der Waals surface area contributed by atoms with Gasteiger partial charge in [-0.2, -0.15) is 0 Å². The molecule has 0 aliphatic carbocycles. The van der Waals surface area contributed by atoms with E-state index in [4.69, 9.17) is 4.74 Å². The van der Waals surface area contributed by atoms with Crippen LogP contribution >= 0.6 is 15.9 Å². The second-order valence-electron chi connectivity index (χ2n) is 4.90. The third kappa shape index (κ3) is 5.69. The molecule has 0 unspecified atom stereocenters. The standard InChI is InChI=1S/C15H19BrN4O/c1-20(2)5-6-21-15-7-12(3-4-18-15)9-19-14-8-13(16)10-17-11-14/h3-4,7-8,10-11,19H,5-6,9H2,1-2H3. The smallest absolute Gasteiger partial charge is 0.213 e. The summed E-state index contributed by atoms with van der Waals surface area (Å²) in [6.07, 6.45) is 5.32. The van der Waals surface area contributed by atoms with Crippen molar-refractivity contribution in [3.8, 4) is 5.88 Å². The number of likely N-dealkylation sites (N-methyl/N-ethyl adjacent to an activating group) is 1. The Morgan fingerprint density at radius 2 is 2.14 bits per heavy atom. The Balaban J connectivity index is 1.88. The predicted molar refractivity (Wildman–Crippen MR) is 87.5 cm³/mol. The predicted octanol–water partition coefficient (Wildman–Crippen LogP) is 2.79. The van der Waals surface area contributed by atoms with E-state index in [1.54, 1.807) is 18.6 Å². The van der Waals surface area contributed by atoms with Crippen LogP contribution in [-0.4, -0.2) is 42.1 Å². The molecule has 112 valence electrons. The molecule has 0 aliphatic heterocycles. The van der Waals surface area contributed by atoms with Gasteiger partial charge in [-0.1, -0.05) is 0 Å². The van der Waals surface area contributed by atoms with Gasteiger partial charge in [0.1, 0.15) is 6.61 Å². The summed E-state index contributed by atoms with van der Waals surface area (Å²) >= 11 is 3.40. The fourth-order valence-corrected chi connectivity index (χ4v) is 2.05. The molecule has 0 atom stereocenters. The second kappa shape index (κ2) is 7.95. The fourth-order valence-electron chi connectivity index (χ4n) is 1.68. The molecule has 0 radical (unpaired) electrons. The van der Waals surface area contributed by atoms with Crippen LogP contribution in [0.3, 0.4) is 0 Å². The van der Waals surface area contributed by atoms with Gasteiger partial charge in [0, 0.05) is 36.0 Å². The minimum atomic E-state index is 0.631. The molecule has 0 saturated heterocycles. The highest BCUT2D eigenvalue weighted by Crippen LogP contribution is 2.15. The van der Waals surface area contributed by atoms with Crippen molar-refractivity contribution in [3.63, 3.8) is 0 Å². The molecule has 0 fully saturated rings. The van der Waals surface area contributed by atoms with Crippen LogP contribution in [-0.2, 0) is 6.54 Å². The van der Waals surface area contributed by atoms with Gasteiger partial charge in [0.15, 0.2) is 0 Å². The van der Waals surface area contributed by atoms with Crippen molar-refractivity contribution in [2.24, 2.45) is 0 Å². The summed E-state index contributed by atoms with van der Waals surface area (Å²) in [6, 6.07) is 5.91. The van der Waals surface area contributed by atoms with E-state index >= 15 is 0 Å². The maximum Gasteiger partial charge on any atom is 0.213 e. The number of hydrogen-bond donors (Lipinski definition) is 1. The van der Waals surface area contributed by atoms with Gasteiger partial charge < -0.3 is 15.0 Å². The Hall–Kier alpha value is -1.66. The van der Waals surface area contributed by atoms with E-state index < -0.39 is 0 Å². The summed E-state index contributed by atoms with van der Waals surface area (Å²) in [5.41, 5.74) is 2.08. The molecular formula is C15H19BrN4O. The van der Waals surface area contributed by atoms with E-state index in [2.05, 4.69) is 36.1 Å². The molecule has 6 heteroatoms. The average Bonchev–Trinajstić information content (AvgIpc) is 2.45. The average molecular weight is 351 g/mol. The number of rotatable bonds is 7. The lowest BCUT2D eigenvalue weighted by atomic mass is 10.2. The van der Waals surface area contributed by atoms with E-state index in [0.29, 0.717) is 19.0 Å². The second-order valence-corrected chi connectivity index (χ2v) is 5.82. The van der Waals surface area contributed by atoms with Crippen LogP contribution in [0.5, 0.6) is 5.88 Å². The molecule has 1 N–H and O–H groups in total. The summed E-state index contributed by atoms with van der Waals surface area (Å²) in [5, 5.41) is 3.32. The normalized spacial score (nSPS) is 10.7. The van der Waals surface area contributed by atoms with Crippen LogP contribution in [0.15, 0.2) is 41.3 Å². The Morgan fingerprint density at radius 1 is 1.29 bits per heavy atom. The van der Waals surface area contributed by atoms with Crippen LogP contribution in [0.4, 0.5) is 5.69 Å². The van der Waals surface area contributed by atoms with Crippen molar-refractivity contribution >= 4 is 21.6 Å². The SMILES string of the molecule is CN(C)CCOc1cc(CNc2cncc(Br)c2)ccn1. The van der Waals surface area contributed by atoms with Gasteiger partial charge in [0.05, 0.1) is 11.9 Å². The monoisotopic (exact) mass is 350 g/mol. The molecule has 0 aromatic carbocycles. The number of aromatic nitrogens is 2. The molecule has 0 spiro atoms. The summed E-state index contributed by atoms with van der Waals surface area (Å²) in [7, 11) is 4.03. The van der Waals surface area contributed by atoms with E-state index in [1.165, 1.54) is 0 Å². The molecule has 2 rings (SSSR count). The maximum atomic E-state index is 5.63. The molecule has 0 bridgehead atoms. The summed E-state index contributed by atoms with van der Waals surface area (Å²) in [5.74, 6) is 0.656. The summed E-state index contributed by atoms with van der Waals surface area (Å²) in [6.45, 7) is 2.20. The highest BCUT2D eigenvalue weighted by atomic mass is 79.9. The Morgan fingerprint density at radius 3 is 2.90 bits per heavy atom. The van der Waals surface area contributed by atoms with Crippen molar-refractivity contribution in [3.05, 3.63) is 46.8 Å². The zero-order valence-electron chi connectivity index (χ0n) is 12.2. The lowest BCUT2D eigenvalue weighted by molar-refractivity contribution is 0.253. The van der Waals surface area contributed by atoms with E-state index in [-0.39, 0.29) is 0 Å². The van der Waals surface area contributed by atoms with E-state index in [1.807, 2.05) is 32.3 Å². The van der Waals surface area contributed by atoms with Gasteiger partial charge in [-0.15, -0.1) is 0 Å². The third-order valence-electron chi connectivity index (χ3n) is 2.79. The Bertz CT molecular complexity index is 577. The number of hydrogen-bond acceptors (Lipinski definition) is 5. The molecule has 2 heterocycles. The Kier molecular flexibility index (Phi) is 5.95. The molecular weight excluding hydrogens is 332 g/mol. The van der Waals surface area contributed by atoms with Crippen molar-refractivity contribution in [2.45, 2.75) is 6.54 Å². The fraction of sp³-hybridized carbons (Fsp3) is 0.333.